The molecule has 4 aromatic rings. The van der Waals surface area contributed by atoms with Gasteiger partial charge in [-0.1, -0.05) is 55.5 Å². The quantitative estimate of drug-likeness (QED) is 0.187. The molecule has 4 aromatic carbocycles. The molecule has 0 aromatic heterocycles. The summed E-state index contributed by atoms with van der Waals surface area (Å²) in [6.07, 6.45) is -3.02. The minimum absolute atomic E-state index is 0.0170. The third-order valence-corrected chi connectivity index (χ3v) is 5.84. The van der Waals surface area contributed by atoms with E-state index in [1.807, 2.05) is 12.1 Å². The summed E-state index contributed by atoms with van der Waals surface area (Å²) in [6.45, 7) is 2.13. The van der Waals surface area contributed by atoms with Crippen LogP contribution in [0.4, 0.5) is 26.3 Å². The maximum absolute atomic E-state index is 15.1. The van der Waals surface area contributed by atoms with Gasteiger partial charge in [-0.25, -0.2) is 13.2 Å². The second-order valence-electron chi connectivity index (χ2n) is 8.61. The molecule has 37 heavy (non-hydrogen) atoms. The molecule has 4 rings (SSSR count). The van der Waals surface area contributed by atoms with Gasteiger partial charge < -0.3 is 4.74 Å². The van der Waals surface area contributed by atoms with Crippen LogP contribution in [0.1, 0.15) is 41.2 Å². The fourth-order valence-electron chi connectivity index (χ4n) is 4.04. The third-order valence-electron chi connectivity index (χ3n) is 5.84. The van der Waals surface area contributed by atoms with Crippen LogP contribution in [-0.4, -0.2) is 6.36 Å². The van der Waals surface area contributed by atoms with Crippen molar-refractivity contribution in [1.82, 2.24) is 0 Å². The van der Waals surface area contributed by atoms with Gasteiger partial charge in [-0.3, -0.25) is 0 Å². The first-order valence-corrected chi connectivity index (χ1v) is 11.7. The fraction of sp³-hybridized carbons (Fsp3) is 0.200. The highest BCUT2D eigenvalue weighted by molar-refractivity contribution is 5.85. The Kier molecular flexibility index (Phi) is 7.77. The van der Waals surface area contributed by atoms with E-state index in [0.29, 0.717) is 16.3 Å². The first-order chi connectivity index (χ1) is 17.6. The van der Waals surface area contributed by atoms with Gasteiger partial charge in [-0.15, -0.1) is 13.2 Å². The Morgan fingerprint density at radius 1 is 0.703 bits per heavy atom. The van der Waals surface area contributed by atoms with Gasteiger partial charge in [0.25, 0.3) is 0 Å². The fourth-order valence-corrected chi connectivity index (χ4v) is 4.04. The van der Waals surface area contributed by atoms with Gasteiger partial charge in [0.05, 0.1) is 0 Å². The number of fused-ring (bicyclic) bond motifs is 1. The molecule has 7 heteroatoms. The smallest absolute Gasteiger partial charge is 0.399 e. The number of hydrogen-bond donors (Lipinski definition) is 0. The van der Waals surface area contributed by atoms with Crippen LogP contribution in [0.3, 0.4) is 0 Å². The van der Waals surface area contributed by atoms with Gasteiger partial charge in [-0.2, -0.15) is 0 Å². The Bertz CT molecular complexity index is 1450. The van der Waals surface area contributed by atoms with Crippen molar-refractivity contribution in [1.29, 1.82) is 0 Å². The maximum Gasteiger partial charge on any atom is 0.573 e. The summed E-state index contributed by atoms with van der Waals surface area (Å²) < 4.78 is 83.4. The molecule has 0 fully saturated rings. The van der Waals surface area contributed by atoms with Crippen molar-refractivity contribution in [2.45, 2.75) is 39.0 Å². The predicted octanol–water partition coefficient (Wildman–Crippen LogP) is 8.29. The molecule has 0 aliphatic heterocycles. The van der Waals surface area contributed by atoms with Crippen LogP contribution in [0.15, 0.2) is 66.7 Å². The standard InChI is InChI=1S/C30H22F6O/c1-2-3-19-4-6-20(7-5-19)8-9-21-11-15-25-24(16-21)14-13-23(28(25)33)12-10-22-17-26(31)29(27(32)18-22)37-30(34,35)36/h4-7,11,13-18H,2-3,10,12H2,1H3. The maximum atomic E-state index is 15.1. The van der Waals surface area contributed by atoms with E-state index in [2.05, 4.69) is 35.6 Å². The van der Waals surface area contributed by atoms with Crippen LogP contribution in [0.25, 0.3) is 10.8 Å². The summed E-state index contributed by atoms with van der Waals surface area (Å²) in [7, 11) is 0. The Labute approximate surface area is 210 Å². The second-order valence-corrected chi connectivity index (χ2v) is 8.61. The molecule has 0 atom stereocenters. The van der Waals surface area contributed by atoms with Gasteiger partial charge in [0.1, 0.15) is 5.82 Å². The molecule has 0 heterocycles. The molecule has 0 amide bonds. The highest BCUT2D eigenvalue weighted by Gasteiger charge is 2.34. The van der Waals surface area contributed by atoms with Gasteiger partial charge >= 0.3 is 6.36 Å². The van der Waals surface area contributed by atoms with E-state index in [4.69, 9.17) is 0 Å². The van der Waals surface area contributed by atoms with Crippen LogP contribution in [0.2, 0.25) is 0 Å². The largest absolute Gasteiger partial charge is 0.573 e. The lowest BCUT2D eigenvalue weighted by Gasteiger charge is -2.12. The highest BCUT2D eigenvalue weighted by atomic mass is 19.4. The Balaban J connectivity index is 1.49. The molecule has 0 spiro atoms. The monoisotopic (exact) mass is 512 g/mol. The van der Waals surface area contributed by atoms with Crippen LogP contribution in [0.5, 0.6) is 5.75 Å². The molecule has 0 bridgehead atoms. The first kappa shape index (κ1) is 26.2. The normalized spacial score (nSPS) is 11.3. The van der Waals surface area contributed by atoms with Crippen LogP contribution in [0, 0.1) is 29.3 Å². The van der Waals surface area contributed by atoms with Crippen LogP contribution >= 0.6 is 0 Å². The summed E-state index contributed by atoms with van der Waals surface area (Å²) in [5, 5.41) is 1.02. The summed E-state index contributed by atoms with van der Waals surface area (Å²) in [5.41, 5.74) is 3.26. The van der Waals surface area contributed by atoms with E-state index in [1.54, 1.807) is 30.3 Å². The topological polar surface area (TPSA) is 9.23 Å². The van der Waals surface area contributed by atoms with Crippen molar-refractivity contribution in [2.24, 2.45) is 0 Å². The van der Waals surface area contributed by atoms with E-state index < -0.39 is 29.6 Å². The lowest BCUT2D eigenvalue weighted by molar-refractivity contribution is -0.276. The number of benzene rings is 4. The zero-order chi connectivity index (χ0) is 26.6. The minimum atomic E-state index is -5.22. The summed E-state index contributed by atoms with van der Waals surface area (Å²) in [6, 6.07) is 18.0. The second kappa shape index (κ2) is 11.0. The molecule has 190 valence electrons. The van der Waals surface area contributed by atoms with Crippen molar-refractivity contribution in [3.05, 3.63) is 112 Å². The molecule has 0 radical (unpaired) electrons. The average molecular weight is 512 g/mol. The number of rotatable bonds is 6. The van der Waals surface area contributed by atoms with Crippen LogP contribution in [-0.2, 0) is 19.3 Å². The van der Waals surface area contributed by atoms with Gasteiger partial charge in [0.15, 0.2) is 11.6 Å². The van der Waals surface area contributed by atoms with Crippen LogP contribution < -0.4 is 4.74 Å². The van der Waals surface area contributed by atoms with Crippen molar-refractivity contribution in [2.75, 3.05) is 0 Å². The SMILES string of the molecule is CCCc1ccc(C#Cc2ccc3c(F)c(CCc4cc(F)c(OC(F)(F)F)c(F)c4)ccc3c2)cc1. The molecule has 0 saturated heterocycles. The van der Waals surface area contributed by atoms with Crippen molar-refractivity contribution < 1.29 is 31.1 Å². The first-order valence-electron chi connectivity index (χ1n) is 11.7. The molecule has 0 unspecified atom stereocenters. The lowest BCUT2D eigenvalue weighted by atomic mass is 9.99. The number of alkyl halides is 3. The Hall–Kier alpha value is -3.92. The third kappa shape index (κ3) is 6.65. The van der Waals surface area contributed by atoms with E-state index in [0.717, 1.165) is 36.1 Å². The van der Waals surface area contributed by atoms with Gasteiger partial charge in [0.2, 0.25) is 5.75 Å². The number of aryl methyl sites for hydroxylation is 3. The molecule has 0 aliphatic rings. The predicted molar refractivity (Wildman–Crippen MR) is 131 cm³/mol. The summed E-state index contributed by atoms with van der Waals surface area (Å²) >= 11 is 0. The highest BCUT2D eigenvalue weighted by Crippen LogP contribution is 2.30. The van der Waals surface area contributed by atoms with E-state index in [-0.39, 0.29) is 18.4 Å². The summed E-state index contributed by atoms with van der Waals surface area (Å²) in [5.74, 6) is 1.26. The Morgan fingerprint density at radius 2 is 1.35 bits per heavy atom. The molecular weight excluding hydrogens is 490 g/mol. The summed E-state index contributed by atoms with van der Waals surface area (Å²) in [4.78, 5) is 0. The van der Waals surface area contributed by atoms with E-state index in [9.17, 15) is 22.0 Å². The number of halogens is 6. The average Bonchev–Trinajstić information content (AvgIpc) is 2.85. The number of hydrogen-bond acceptors (Lipinski definition) is 1. The van der Waals surface area contributed by atoms with Gasteiger partial charge in [-0.05, 0) is 77.7 Å². The zero-order valence-corrected chi connectivity index (χ0v) is 19.9. The zero-order valence-electron chi connectivity index (χ0n) is 19.9. The molecule has 0 aliphatic carbocycles. The molecule has 1 nitrogen and oxygen atoms in total. The minimum Gasteiger partial charge on any atom is -0.399 e. The van der Waals surface area contributed by atoms with E-state index >= 15 is 4.39 Å². The van der Waals surface area contributed by atoms with Gasteiger partial charge in [0, 0.05) is 16.5 Å². The van der Waals surface area contributed by atoms with E-state index in [1.165, 1.54) is 5.56 Å². The lowest BCUT2D eigenvalue weighted by Crippen LogP contribution is -2.19. The molecule has 0 N–H and O–H groups in total. The van der Waals surface area contributed by atoms with Crippen molar-refractivity contribution in [3.8, 4) is 17.6 Å². The molecule has 0 saturated carbocycles. The Morgan fingerprint density at radius 3 is 2.00 bits per heavy atom. The number of ether oxygens (including phenoxy) is 1. The van der Waals surface area contributed by atoms with Crippen molar-refractivity contribution >= 4 is 10.8 Å². The molecular formula is C30H22F6O. The van der Waals surface area contributed by atoms with Crippen molar-refractivity contribution in [3.63, 3.8) is 0 Å².